The Balaban J connectivity index is 1.91. The Hall–Kier alpha value is -2.62. The highest BCUT2D eigenvalue weighted by molar-refractivity contribution is 5.81. The molecule has 0 aliphatic carbocycles. The maximum absolute atomic E-state index is 12.3. The third-order valence-corrected chi connectivity index (χ3v) is 3.56. The number of hydrogen-bond donors (Lipinski definition) is 0. The molecule has 0 saturated heterocycles. The summed E-state index contributed by atoms with van der Waals surface area (Å²) in [6, 6.07) is 15.4. The molecule has 4 nitrogen and oxygen atoms in total. The van der Waals surface area contributed by atoms with Crippen LogP contribution < -0.4 is 10.4 Å². The van der Waals surface area contributed by atoms with Crippen molar-refractivity contribution in [1.29, 1.82) is 0 Å². The molecule has 0 bridgehead atoms. The van der Waals surface area contributed by atoms with Gasteiger partial charge in [-0.25, -0.2) is 4.79 Å². The van der Waals surface area contributed by atoms with Gasteiger partial charge in [-0.15, -0.1) is 0 Å². The Morgan fingerprint density at radius 1 is 1.09 bits per heavy atom. The Bertz CT molecular complexity index is 853. The van der Waals surface area contributed by atoms with Crippen LogP contribution in [0.15, 0.2) is 57.7 Å². The van der Waals surface area contributed by atoms with Crippen LogP contribution in [-0.2, 0) is 13.0 Å². The molecule has 3 rings (SSSR count). The molecule has 2 aromatic carbocycles. The largest absolute Gasteiger partial charge is 0.445 e. The number of aromatic nitrogens is 1. The number of benzene rings is 2. The van der Waals surface area contributed by atoms with Crippen LogP contribution in [0.3, 0.4) is 0 Å². The summed E-state index contributed by atoms with van der Waals surface area (Å²) in [6.07, 6.45) is 0.821. The second-order valence-electron chi connectivity index (χ2n) is 5.95. The normalized spacial score (nSPS) is 11.1. The van der Waals surface area contributed by atoms with Crippen molar-refractivity contribution >= 4 is 10.9 Å². The molecule has 0 aliphatic rings. The van der Waals surface area contributed by atoms with Gasteiger partial charge in [0.25, 0.3) is 0 Å². The maximum Gasteiger partial charge on any atom is 0.397 e. The highest BCUT2D eigenvalue weighted by atomic mass is 16.6. The highest BCUT2D eigenvalue weighted by Gasteiger charge is 2.12. The zero-order chi connectivity index (χ0) is 16.2. The van der Waals surface area contributed by atoms with E-state index in [1.165, 1.54) is 0 Å². The molecule has 3 aromatic rings. The summed E-state index contributed by atoms with van der Waals surface area (Å²) in [5.74, 6) is 0.453. The summed E-state index contributed by atoms with van der Waals surface area (Å²) < 4.78 is 10.8. The first-order chi connectivity index (χ1) is 11.1. The zero-order valence-electron chi connectivity index (χ0n) is 13.3. The molecule has 0 aliphatic heterocycles. The lowest BCUT2D eigenvalue weighted by Gasteiger charge is -2.08. The minimum atomic E-state index is -0.394. The van der Waals surface area contributed by atoms with Gasteiger partial charge < -0.3 is 9.15 Å². The fourth-order valence-electron chi connectivity index (χ4n) is 2.56. The third kappa shape index (κ3) is 3.59. The number of nitrogens with zero attached hydrogens (tertiary/aromatic N) is 1. The van der Waals surface area contributed by atoms with E-state index in [1.807, 2.05) is 48.5 Å². The molecule has 0 saturated carbocycles. The standard InChI is InChI=1S/C19H19NO3/c1-13(2)11-15-9-6-10-16-17(15)18(21)23-19(20-16)22-12-14-7-4-3-5-8-14/h3-10,13H,11-12H2,1-2H3. The van der Waals surface area contributed by atoms with Gasteiger partial charge in [-0.3, -0.25) is 0 Å². The Morgan fingerprint density at radius 3 is 2.61 bits per heavy atom. The lowest BCUT2D eigenvalue weighted by molar-refractivity contribution is 0.207. The van der Waals surface area contributed by atoms with E-state index in [2.05, 4.69) is 18.8 Å². The maximum atomic E-state index is 12.3. The summed E-state index contributed by atoms with van der Waals surface area (Å²) in [7, 11) is 0. The number of ether oxygens (including phenoxy) is 1. The van der Waals surface area contributed by atoms with Crippen LogP contribution in [0.2, 0.25) is 0 Å². The summed E-state index contributed by atoms with van der Waals surface area (Å²) in [5.41, 5.74) is 2.18. The van der Waals surface area contributed by atoms with E-state index in [-0.39, 0.29) is 6.08 Å². The smallest absolute Gasteiger partial charge is 0.397 e. The summed E-state index contributed by atoms with van der Waals surface area (Å²) in [6.45, 7) is 4.55. The van der Waals surface area contributed by atoms with Crippen molar-refractivity contribution in [2.24, 2.45) is 5.92 Å². The fraction of sp³-hybridized carbons (Fsp3) is 0.263. The topological polar surface area (TPSA) is 52.3 Å². The lowest BCUT2D eigenvalue weighted by atomic mass is 10.00. The van der Waals surface area contributed by atoms with Crippen molar-refractivity contribution in [3.63, 3.8) is 0 Å². The Morgan fingerprint density at radius 2 is 1.87 bits per heavy atom. The molecule has 0 unspecified atom stereocenters. The van der Waals surface area contributed by atoms with Gasteiger partial charge in [0.05, 0.1) is 10.9 Å². The van der Waals surface area contributed by atoms with Gasteiger partial charge in [-0.1, -0.05) is 56.3 Å². The molecule has 0 radical (unpaired) electrons. The van der Waals surface area contributed by atoms with Crippen LogP contribution >= 0.6 is 0 Å². The predicted octanol–water partition coefficient (Wildman–Crippen LogP) is 3.97. The van der Waals surface area contributed by atoms with Crippen LogP contribution in [0.25, 0.3) is 10.9 Å². The minimum Gasteiger partial charge on any atom is -0.445 e. The van der Waals surface area contributed by atoms with Crippen LogP contribution in [0, 0.1) is 5.92 Å². The van der Waals surface area contributed by atoms with Gasteiger partial charge in [0.15, 0.2) is 0 Å². The number of hydrogen-bond acceptors (Lipinski definition) is 4. The van der Waals surface area contributed by atoms with Crippen LogP contribution in [0.4, 0.5) is 0 Å². The van der Waals surface area contributed by atoms with E-state index >= 15 is 0 Å². The van der Waals surface area contributed by atoms with Gasteiger partial charge >= 0.3 is 11.7 Å². The average molecular weight is 309 g/mol. The SMILES string of the molecule is CC(C)Cc1cccc2nc(OCc3ccccc3)oc(=O)c12. The molecular formula is C19H19NO3. The van der Waals surface area contributed by atoms with E-state index in [0.29, 0.717) is 23.4 Å². The summed E-state index contributed by atoms with van der Waals surface area (Å²) in [4.78, 5) is 16.7. The molecule has 1 heterocycles. The van der Waals surface area contributed by atoms with Crippen molar-refractivity contribution in [1.82, 2.24) is 4.98 Å². The molecule has 0 amide bonds. The van der Waals surface area contributed by atoms with Gasteiger partial charge in [-0.05, 0) is 29.5 Å². The minimum absolute atomic E-state index is 0.00745. The summed E-state index contributed by atoms with van der Waals surface area (Å²) in [5, 5.41) is 0.549. The first-order valence-corrected chi connectivity index (χ1v) is 7.73. The fourth-order valence-corrected chi connectivity index (χ4v) is 2.56. The van der Waals surface area contributed by atoms with E-state index in [1.54, 1.807) is 0 Å². The predicted molar refractivity (Wildman–Crippen MR) is 89.6 cm³/mol. The monoisotopic (exact) mass is 309 g/mol. The number of fused-ring (bicyclic) bond motifs is 1. The Labute approximate surface area is 134 Å². The molecule has 23 heavy (non-hydrogen) atoms. The molecule has 0 fully saturated rings. The van der Waals surface area contributed by atoms with Crippen molar-refractivity contribution < 1.29 is 9.15 Å². The van der Waals surface area contributed by atoms with Crippen LogP contribution in [-0.4, -0.2) is 4.98 Å². The van der Waals surface area contributed by atoms with Gasteiger partial charge in [-0.2, -0.15) is 4.98 Å². The first kappa shape index (κ1) is 15.3. The van der Waals surface area contributed by atoms with Crippen molar-refractivity contribution in [3.8, 4) is 6.08 Å². The van der Waals surface area contributed by atoms with E-state index in [0.717, 1.165) is 17.5 Å². The average Bonchev–Trinajstić information content (AvgIpc) is 2.53. The lowest BCUT2D eigenvalue weighted by Crippen LogP contribution is -2.08. The van der Waals surface area contributed by atoms with Crippen molar-refractivity contribution in [2.75, 3.05) is 0 Å². The molecule has 0 N–H and O–H groups in total. The molecule has 118 valence electrons. The van der Waals surface area contributed by atoms with Crippen molar-refractivity contribution in [2.45, 2.75) is 26.9 Å². The van der Waals surface area contributed by atoms with Crippen LogP contribution in [0.1, 0.15) is 25.0 Å². The first-order valence-electron chi connectivity index (χ1n) is 7.73. The van der Waals surface area contributed by atoms with E-state index in [4.69, 9.17) is 9.15 Å². The molecular weight excluding hydrogens is 290 g/mol. The van der Waals surface area contributed by atoms with Gasteiger partial charge in [0.2, 0.25) is 0 Å². The number of rotatable bonds is 5. The molecule has 1 aromatic heterocycles. The van der Waals surface area contributed by atoms with E-state index < -0.39 is 5.63 Å². The zero-order valence-corrected chi connectivity index (χ0v) is 13.3. The van der Waals surface area contributed by atoms with E-state index in [9.17, 15) is 4.79 Å². The molecule has 0 atom stereocenters. The van der Waals surface area contributed by atoms with Gasteiger partial charge in [0, 0.05) is 0 Å². The molecule has 0 spiro atoms. The van der Waals surface area contributed by atoms with Gasteiger partial charge in [0.1, 0.15) is 6.61 Å². The van der Waals surface area contributed by atoms with Crippen molar-refractivity contribution in [3.05, 3.63) is 70.1 Å². The second kappa shape index (κ2) is 6.65. The second-order valence-corrected chi connectivity index (χ2v) is 5.95. The third-order valence-electron chi connectivity index (χ3n) is 3.56. The Kier molecular flexibility index (Phi) is 4.42. The van der Waals surface area contributed by atoms with Crippen LogP contribution in [0.5, 0.6) is 6.08 Å². The summed E-state index contributed by atoms with van der Waals surface area (Å²) >= 11 is 0. The quantitative estimate of drug-likeness (QED) is 0.715. The highest BCUT2D eigenvalue weighted by Crippen LogP contribution is 2.19. The molecule has 4 heteroatoms.